The Bertz CT molecular complexity index is 1450. The standard InChI is InChI=1S/C30H35FN6O2/c1-5-7-20(2)27-32-28(26-21(3)34-37(29(26)33-27)24-12-10-23(31)11-13-24)35-16-6-17-36(19-18-35)30(38)22-8-14-25(39-4)15-9-22/h8-15,20H,5-7,16-19H2,1-4H3. The van der Waals surface area contributed by atoms with E-state index in [-0.39, 0.29) is 17.6 Å². The largest absolute Gasteiger partial charge is 0.497 e. The first kappa shape index (κ1) is 26.6. The Morgan fingerprint density at radius 1 is 1.03 bits per heavy atom. The molecule has 0 radical (unpaired) electrons. The van der Waals surface area contributed by atoms with Gasteiger partial charge in [-0.1, -0.05) is 20.3 Å². The summed E-state index contributed by atoms with van der Waals surface area (Å²) in [5, 5.41) is 5.69. The maximum absolute atomic E-state index is 13.7. The fourth-order valence-electron chi connectivity index (χ4n) is 5.20. The number of hydrogen-bond donors (Lipinski definition) is 0. The zero-order valence-corrected chi connectivity index (χ0v) is 23.0. The second-order valence-electron chi connectivity index (χ2n) is 10.1. The zero-order chi connectivity index (χ0) is 27.5. The number of aromatic nitrogens is 4. The van der Waals surface area contributed by atoms with Crippen molar-refractivity contribution >= 4 is 22.8 Å². The molecule has 1 amide bonds. The summed E-state index contributed by atoms with van der Waals surface area (Å²) in [6.45, 7) is 8.94. The number of fused-ring (bicyclic) bond motifs is 1. The third-order valence-electron chi connectivity index (χ3n) is 7.35. The zero-order valence-electron chi connectivity index (χ0n) is 23.0. The van der Waals surface area contributed by atoms with E-state index in [0.717, 1.165) is 65.6 Å². The number of hydrogen-bond acceptors (Lipinski definition) is 6. The number of anilines is 1. The van der Waals surface area contributed by atoms with Crippen LogP contribution in [0.15, 0.2) is 48.5 Å². The molecule has 0 aliphatic carbocycles. The number of methoxy groups -OCH3 is 1. The van der Waals surface area contributed by atoms with Gasteiger partial charge in [0.25, 0.3) is 5.91 Å². The normalized spacial score (nSPS) is 14.9. The molecule has 0 N–H and O–H groups in total. The molecule has 9 heteroatoms. The van der Waals surface area contributed by atoms with Gasteiger partial charge in [0.2, 0.25) is 0 Å². The van der Waals surface area contributed by atoms with Gasteiger partial charge in [-0.05, 0) is 68.3 Å². The first-order valence-electron chi connectivity index (χ1n) is 13.6. The van der Waals surface area contributed by atoms with Crippen LogP contribution in [0, 0.1) is 12.7 Å². The van der Waals surface area contributed by atoms with Gasteiger partial charge >= 0.3 is 0 Å². The van der Waals surface area contributed by atoms with Gasteiger partial charge in [-0.25, -0.2) is 19.0 Å². The maximum atomic E-state index is 13.7. The fourth-order valence-corrected chi connectivity index (χ4v) is 5.20. The molecule has 39 heavy (non-hydrogen) atoms. The second-order valence-corrected chi connectivity index (χ2v) is 10.1. The summed E-state index contributed by atoms with van der Waals surface area (Å²) in [4.78, 5) is 27.5. The minimum atomic E-state index is -0.294. The van der Waals surface area contributed by atoms with Gasteiger partial charge in [0.05, 0.1) is 23.9 Å². The van der Waals surface area contributed by atoms with E-state index in [1.165, 1.54) is 12.1 Å². The van der Waals surface area contributed by atoms with Gasteiger partial charge in [0.1, 0.15) is 23.2 Å². The number of ether oxygens (including phenoxy) is 1. The quantitative estimate of drug-likeness (QED) is 0.313. The Hall–Kier alpha value is -4.01. The SMILES string of the molecule is CCCC(C)c1nc(N2CCCN(C(=O)c3ccc(OC)cc3)CC2)c2c(C)nn(-c3ccc(F)cc3)c2n1. The molecular weight excluding hydrogens is 495 g/mol. The molecule has 4 aromatic rings. The highest BCUT2D eigenvalue weighted by molar-refractivity contribution is 5.94. The smallest absolute Gasteiger partial charge is 0.253 e. The minimum Gasteiger partial charge on any atom is -0.497 e. The van der Waals surface area contributed by atoms with Gasteiger partial charge in [0.15, 0.2) is 5.65 Å². The van der Waals surface area contributed by atoms with Crippen LogP contribution in [0.5, 0.6) is 5.75 Å². The Kier molecular flexibility index (Phi) is 7.77. The first-order valence-corrected chi connectivity index (χ1v) is 13.6. The van der Waals surface area contributed by atoms with E-state index < -0.39 is 0 Å². The van der Waals surface area contributed by atoms with E-state index in [2.05, 4.69) is 18.7 Å². The molecule has 0 spiro atoms. The highest BCUT2D eigenvalue weighted by Gasteiger charge is 2.26. The third kappa shape index (κ3) is 5.44. The first-order chi connectivity index (χ1) is 18.9. The van der Waals surface area contributed by atoms with Gasteiger partial charge in [-0.15, -0.1) is 0 Å². The lowest BCUT2D eigenvalue weighted by molar-refractivity contribution is 0.0767. The predicted molar refractivity (Wildman–Crippen MR) is 150 cm³/mol. The van der Waals surface area contributed by atoms with Gasteiger partial charge < -0.3 is 14.5 Å². The number of benzene rings is 2. The molecule has 1 atom stereocenters. The molecule has 1 unspecified atom stereocenters. The van der Waals surface area contributed by atoms with Gasteiger partial charge in [-0.3, -0.25) is 4.79 Å². The number of amides is 1. The van der Waals surface area contributed by atoms with E-state index >= 15 is 0 Å². The van der Waals surface area contributed by atoms with Crippen LogP contribution in [-0.4, -0.2) is 63.8 Å². The van der Waals surface area contributed by atoms with Crippen LogP contribution in [-0.2, 0) is 0 Å². The number of rotatable bonds is 7. The van der Waals surface area contributed by atoms with E-state index in [1.54, 1.807) is 23.9 Å². The molecule has 5 rings (SSSR count). The Labute approximate surface area is 228 Å². The average Bonchev–Trinajstić information content (AvgIpc) is 3.12. The molecule has 1 aliphatic rings. The fraction of sp³-hybridized carbons (Fsp3) is 0.400. The Morgan fingerprint density at radius 3 is 2.46 bits per heavy atom. The molecule has 204 valence electrons. The molecule has 2 aromatic carbocycles. The maximum Gasteiger partial charge on any atom is 0.253 e. The van der Waals surface area contributed by atoms with Crippen LogP contribution < -0.4 is 9.64 Å². The summed E-state index contributed by atoms with van der Waals surface area (Å²) in [6.07, 6.45) is 2.82. The number of carbonyl (C=O) groups is 1. The predicted octanol–water partition coefficient (Wildman–Crippen LogP) is 5.53. The molecular formula is C30H35FN6O2. The summed E-state index contributed by atoms with van der Waals surface area (Å²) >= 11 is 0. The molecule has 0 bridgehead atoms. The summed E-state index contributed by atoms with van der Waals surface area (Å²) < 4.78 is 20.7. The van der Waals surface area contributed by atoms with Crippen molar-refractivity contribution in [2.75, 3.05) is 38.2 Å². The minimum absolute atomic E-state index is 0.0184. The summed E-state index contributed by atoms with van der Waals surface area (Å²) in [6, 6.07) is 13.6. The lowest BCUT2D eigenvalue weighted by Crippen LogP contribution is -2.35. The number of nitrogens with zero attached hydrogens (tertiary/aromatic N) is 6. The second kappa shape index (κ2) is 11.4. The van der Waals surface area contributed by atoms with Crippen molar-refractivity contribution in [2.45, 2.75) is 46.0 Å². The summed E-state index contributed by atoms with van der Waals surface area (Å²) in [5.74, 6) is 2.25. The van der Waals surface area contributed by atoms with Crippen LogP contribution in [0.25, 0.3) is 16.7 Å². The van der Waals surface area contributed by atoms with Crippen LogP contribution in [0.2, 0.25) is 0 Å². The summed E-state index contributed by atoms with van der Waals surface area (Å²) in [5.41, 5.74) is 2.94. The molecule has 3 heterocycles. The molecule has 1 saturated heterocycles. The lowest BCUT2D eigenvalue weighted by Gasteiger charge is -2.24. The highest BCUT2D eigenvalue weighted by atomic mass is 19.1. The van der Waals surface area contributed by atoms with Crippen molar-refractivity contribution in [3.05, 3.63) is 71.4 Å². The average molecular weight is 531 g/mol. The van der Waals surface area contributed by atoms with E-state index in [0.29, 0.717) is 25.2 Å². The topological polar surface area (TPSA) is 76.4 Å². The van der Waals surface area contributed by atoms with Crippen molar-refractivity contribution in [1.29, 1.82) is 0 Å². The molecule has 0 saturated carbocycles. The third-order valence-corrected chi connectivity index (χ3v) is 7.35. The van der Waals surface area contributed by atoms with Crippen LogP contribution in [0.3, 0.4) is 0 Å². The van der Waals surface area contributed by atoms with Crippen molar-refractivity contribution in [3.63, 3.8) is 0 Å². The number of aryl methyl sites for hydroxylation is 1. The Morgan fingerprint density at radius 2 is 1.77 bits per heavy atom. The van der Waals surface area contributed by atoms with Crippen molar-refractivity contribution in [1.82, 2.24) is 24.6 Å². The number of carbonyl (C=O) groups excluding carboxylic acids is 1. The lowest BCUT2D eigenvalue weighted by atomic mass is 10.1. The van der Waals surface area contributed by atoms with Crippen molar-refractivity contribution in [3.8, 4) is 11.4 Å². The molecule has 1 aliphatic heterocycles. The van der Waals surface area contributed by atoms with Crippen molar-refractivity contribution in [2.24, 2.45) is 0 Å². The van der Waals surface area contributed by atoms with E-state index in [9.17, 15) is 9.18 Å². The van der Waals surface area contributed by atoms with Crippen LogP contribution in [0.1, 0.15) is 60.9 Å². The van der Waals surface area contributed by atoms with Crippen LogP contribution in [0.4, 0.5) is 10.2 Å². The van der Waals surface area contributed by atoms with Crippen molar-refractivity contribution < 1.29 is 13.9 Å². The summed E-state index contributed by atoms with van der Waals surface area (Å²) in [7, 11) is 1.61. The van der Waals surface area contributed by atoms with Gasteiger partial charge in [-0.2, -0.15) is 5.10 Å². The molecule has 1 fully saturated rings. The highest BCUT2D eigenvalue weighted by Crippen LogP contribution is 2.32. The van der Waals surface area contributed by atoms with Gasteiger partial charge in [0, 0.05) is 37.7 Å². The number of halogens is 1. The molecule has 2 aromatic heterocycles. The molecule has 8 nitrogen and oxygen atoms in total. The Balaban J connectivity index is 1.50. The van der Waals surface area contributed by atoms with Crippen LogP contribution >= 0.6 is 0 Å². The van der Waals surface area contributed by atoms with E-state index in [1.807, 2.05) is 36.1 Å². The van der Waals surface area contributed by atoms with E-state index in [4.69, 9.17) is 19.8 Å². The monoisotopic (exact) mass is 530 g/mol.